The fourth-order valence-electron chi connectivity index (χ4n) is 7.87. The van der Waals surface area contributed by atoms with Crippen molar-refractivity contribution in [3.63, 3.8) is 0 Å². The van der Waals surface area contributed by atoms with Gasteiger partial charge in [-0.15, -0.1) is 0 Å². The van der Waals surface area contributed by atoms with Crippen LogP contribution < -0.4 is 0 Å². The molecular formula is C21H30O8. The second-order valence-electron chi connectivity index (χ2n) is 10.1. The van der Waals surface area contributed by atoms with Crippen molar-refractivity contribution in [3.8, 4) is 0 Å². The van der Waals surface area contributed by atoms with E-state index in [1.807, 2.05) is 0 Å². The standard InChI is InChI=1S/C21H30O8/c1-18-6-3-12-13(21(18,29)9-5-14(18)15(23)16(24)25)4-7-19(28)10-11(22)2-8-20(12,19)17(26)27/h11-14,22,28-29H,2-10H2,1H3,(H,24,25)(H,26,27)/t11-,12+,13-,14-,18-,19-,20-,21-/m1/s1. The Morgan fingerprint density at radius 1 is 0.862 bits per heavy atom. The van der Waals surface area contributed by atoms with Crippen LogP contribution in [0.4, 0.5) is 0 Å². The van der Waals surface area contributed by atoms with Gasteiger partial charge < -0.3 is 25.5 Å². The monoisotopic (exact) mass is 410 g/mol. The van der Waals surface area contributed by atoms with Crippen LogP contribution in [-0.4, -0.2) is 60.6 Å². The number of hydrogen-bond acceptors (Lipinski definition) is 6. The number of Topliss-reactive ketones (excluding diaryl/α,β-unsaturated/α-hetero) is 1. The van der Waals surface area contributed by atoms with Crippen LogP contribution in [0.1, 0.15) is 64.7 Å². The number of ketones is 1. The smallest absolute Gasteiger partial charge is 0.372 e. The van der Waals surface area contributed by atoms with Crippen LogP contribution in [0.25, 0.3) is 0 Å². The normalized spacial score (nSPS) is 51.4. The number of aliphatic hydroxyl groups excluding tert-OH is 1. The van der Waals surface area contributed by atoms with E-state index < -0.39 is 63.6 Å². The number of carboxylic acids is 2. The third kappa shape index (κ3) is 2.39. The highest BCUT2D eigenvalue weighted by Gasteiger charge is 2.74. The van der Waals surface area contributed by atoms with Crippen molar-refractivity contribution in [1.82, 2.24) is 0 Å². The van der Waals surface area contributed by atoms with E-state index >= 15 is 0 Å². The van der Waals surface area contributed by atoms with Gasteiger partial charge in [0.1, 0.15) is 0 Å². The number of carbonyl (C=O) groups excluding carboxylic acids is 1. The summed E-state index contributed by atoms with van der Waals surface area (Å²) in [4.78, 5) is 36.2. The Morgan fingerprint density at radius 3 is 2.14 bits per heavy atom. The van der Waals surface area contributed by atoms with Gasteiger partial charge in [0.2, 0.25) is 5.78 Å². The van der Waals surface area contributed by atoms with Gasteiger partial charge >= 0.3 is 11.9 Å². The van der Waals surface area contributed by atoms with Crippen molar-refractivity contribution in [3.05, 3.63) is 0 Å². The minimum absolute atomic E-state index is 0.0122. The molecule has 0 saturated heterocycles. The number of fused-ring (bicyclic) bond motifs is 5. The quantitative estimate of drug-likeness (QED) is 0.431. The molecule has 0 heterocycles. The van der Waals surface area contributed by atoms with E-state index in [2.05, 4.69) is 0 Å². The van der Waals surface area contributed by atoms with Gasteiger partial charge in [-0.3, -0.25) is 9.59 Å². The van der Waals surface area contributed by atoms with Gasteiger partial charge in [0.15, 0.2) is 0 Å². The lowest BCUT2D eigenvalue weighted by atomic mass is 9.41. The Kier molecular flexibility index (Phi) is 4.47. The van der Waals surface area contributed by atoms with Crippen LogP contribution in [-0.2, 0) is 14.4 Å². The van der Waals surface area contributed by atoms with Crippen molar-refractivity contribution < 1.29 is 39.9 Å². The average Bonchev–Trinajstić information content (AvgIpc) is 2.91. The van der Waals surface area contributed by atoms with Crippen LogP contribution in [0, 0.1) is 28.6 Å². The number of rotatable bonds is 3. The maximum Gasteiger partial charge on any atom is 0.372 e. The lowest BCUT2D eigenvalue weighted by Gasteiger charge is -2.64. The highest BCUT2D eigenvalue weighted by molar-refractivity contribution is 6.33. The molecule has 4 fully saturated rings. The molecular weight excluding hydrogens is 380 g/mol. The predicted octanol–water partition coefficient (Wildman–Crippen LogP) is 0.954. The molecule has 0 aromatic carbocycles. The Labute approximate surface area is 168 Å². The molecule has 0 aromatic heterocycles. The Bertz CT molecular complexity index is 766. The van der Waals surface area contributed by atoms with E-state index in [4.69, 9.17) is 0 Å². The van der Waals surface area contributed by atoms with Crippen LogP contribution in [0.15, 0.2) is 0 Å². The summed E-state index contributed by atoms with van der Waals surface area (Å²) in [6, 6.07) is 0. The van der Waals surface area contributed by atoms with Crippen molar-refractivity contribution >= 4 is 17.7 Å². The molecule has 29 heavy (non-hydrogen) atoms. The Hall–Kier alpha value is -1.51. The minimum atomic E-state index is -1.53. The molecule has 0 spiro atoms. The highest BCUT2D eigenvalue weighted by atomic mass is 16.4. The summed E-state index contributed by atoms with van der Waals surface area (Å²) in [5, 5.41) is 52.8. The summed E-state index contributed by atoms with van der Waals surface area (Å²) in [6.45, 7) is 1.76. The SMILES string of the molecule is C[C@]12CC[C@H]3[C@@H](CC[C@@]4(O)C[C@H](O)CC[C@]34C(=O)O)[C@]1(O)CC[C@@H]2C(=O)C(=O)O. The van der Waals surface area contributed by atoms with E-state index in [1.54, 1.807) is 6.92 Å². The van der Waals surface area contributed by atoms with Gasteiger partial charge in [-0.25, -0.2) is 4.79 Å². The predicted molar refractivity (Wildman–Crippen MR) is 98.7 cm³/mol. The molecule has 8 nitrogen and oxygen atoms in total. The summed E-state index contributed by atoms with van der Waals surface area (Å²) in [6.07, 6.45) is 1.51. The van der Waals surface area contributed by atoms with Crippen molar-refractivity contribution in [2.75, 3.05) is 0 Å². The van der Waals surface area contributed by atoms with Crippen LogP contribution in [0.5, 0.6) is 0 Å². The largest absolute Gasteiger partial charge is 0.481 e. The van der Waals surface area contributed by atoms with Gasteiger partial charge in [-0.1, -0.05) is 6.92 Å². The zero-order valence-corrected chi connectivity index (χ0v) is 16.6. The molecule has 0 aromatic rings. The zero-order valence-electron chi connectivity index (χ0n) is 16.6. The van der Waals surface area contributed by atoms with E-state index in [9.17, 15) is 39.9 Å². The van der Waals surface area contributed by atoms with Gasteiger partial charge in [-0.05, 0) is 63.2 Å². The van der Waals surface area contributed by atoms with Crippen LogP contribution >= 0.6 is 0 Å². The number of aliphatic carboxylic acids is 2. The first-order valence-electron chi connectivity index (χ1n) is 10.6. The molecule has 0 aliphatic heterocycles. The lowest BCUT2D eigenvalue weighted by molar-refractivity contribution is -0.260. The van der Waals surface area contributed by atoms with Gasteiger partial charge in [0.25, 0.3) is 0 Å². The third-order valence-electron chi connectivity index (χ3n) is 9.33. The average molecular weight is 410 g/mol. The zero-order chi connectivity index (χ0) is 21.4. The third-order valence-corrected chi connectivity index (χ3v) is 9.33. The molecule has 4 rings (SSSR count). The van der Waals surface area contributed by atoms with E-state index in [1.165, 1.54) is 0 Å². The summed E-state index contributed by atoms with van der Waals surface area (Å²) in [5.74, 6) is -5.18. The van der Waals surface area contributed by atoms with Gasteiger partial charge in [-0.2, -0.15) is 0 Å². The maximum atomic E-state index is 12.6. The van der Waals surface area contributed by atoms with Crippen molar-refractivity contribution in [2.24, 2.45) is 28.6 Å². The second-order valence-corrected chi connectivity index (χ2v) is 10.1. The Balaban J connectivity index is 1.76. The first kappa shape index (κ1) is 20.8. The van der Waals surface area contributed by atoms with E-state index in [-0.39, 0.29) is 38.5 Å². The maximum absolute atomic E-state index is 12.6. The summed E-state index contributed by atoms with van der Waals surface area (Å²) < 4.78 is 0. The topological polar surface area (TPSA) is 152 Å². The molecule has 0 radical (unpaired) electrons. The van der Waals surface area contributed by atoms with Crippen LogP contribution in [0.3, 0.4) is 0 Å². The molecule has 5 N–H and O–H groups in total. The molecule has 4 aliphatic carbocycles. The number of hydrogen-bond donors (Lipinski definition) is 5. The fraction of sp³-hybridized carbons (Fsp3) is 0.857. The van der Waals surface area contributed by atoms with Gasteiger partial charge in [0.05, 0.1) is 22.7 Å². The summed E-state index contributed by atoms with van der Waals surface area (Å²) in [7, 11) is 0. The number of carbonyl (C=O) groups is 3. The fourth-order valence-corrected chi connectivity index (χ4v) is 7.87. The molecule has 0 bridgehead atoms. The molecule has 8 atom stereocenters. The van der Waals surface area contributed by atoms with E-state index in [0.29, 0.717) is 19.3 Å². The van der Waals surface area contributed by atoms with Crippen molar-refractivity contribution in [2.45, 2.75) is 82.0 Å². The second kappa shape index (κ2) is 6.25. The van der Waals surface area contributed by atoms with E-state index in [0.717, 1.165) is 0 Å². The first-order chi connectivity index (χ1) is 13.4. The Morgan fingerprint density at radius 2 is 1.52 bits per heavy atom. The van der Waals surface area contributed by atoms with Crippen molar-refractivity contribution in [1.29, 1.82) is 0 Å². The molecule has 0 amide bonds. The first-order valence-corrected chi connectivity index (χ1v) is 10.6. The molecule has 4 saturated carbocycles. The van der Waals surface area contributed by atoms with Gasteiger partial charge in [0, 0.05) is 17.8 Å². The number of aliphatic hydroxyl groups is 3. The van der Waals surface area contributed by atoms with Crippen LogP contribution in [0.2, 0.25) is 0 Å². The molecule has 0 unspecified atom stereocenters. The summed E-state index contributed by atoms with van der Waals surface area (Å²) >= 11 is 0. The highest BCUT2D eigenvalue weighted by Crippen LogP contribution is 2.70. The molecule has 8 heteroatoms. The lowest BCUT2D eigenvalue weighted by Crippen LogP contribution is -2.70. The molecule has 162 valence electrons. The number of carboxylic acid groups (broad SMARTS) is 2. The molecule has 4 aliphatic rings. The minimum Gasteiger partial charge on any atom is -0.481 e. The summed E-state index contributed by atoms with van der Waals surface area (Å²) in [5.41, 5.74) is -5.24.